The van der Waals surface area contributed by atoms with Gasteiger partial charge in [0.2, 0.25) is 5.91 Å². The van der Waals surface area contributed by atoms with Crippen LogP contribution < -0.4 is 5.32 Å². The molecular weight excluding hydrogens is 288 g/mol. The number of carbonyl (C=O) groups excluding carboxylic acids is 1. The quantitative estimate of drug-likeness (QED) is 0.831. The van der Waals surface area contributed by atoms with Gasteiger partial charge in [0.05, 0.1) is 6.54 Å². The Morgan fingerprint density at radius 2 is 1.57 bits per heavy atom. The molecule has 2 heterocycles. The Morgan fingerprint density at radius 1 is 1.00 bits per heavy atom. The molecule has 0 aromatic rings. The van der Waals surface area contributed by atoms with E-state index in [0.29, 0.717) is 6.54 Å². The van der Waals surface area contributed by atoms with E-state index in [2.05, 4.69) is 27.1 Å². The number of piperidine rings is 1. The van der Waals surface area contributed by atoms with Crippen LogP contribution in [0.3, 0.4) is 0 Å². The Labute approximate surface area is 143 Å². The van der Waals surface area contributed by atoms with E-state index in [1.165, 1.54) is 45.6 Å². The summed E-state index contributed by atoms with van der Waals surface area (Å²) in [5.41, 5.74) is 0. The van der Waals surface area contributed by atoms with Crippen molar-refractivity contribution in [2.24, 2.45) is 5.92 Å². The van der Waals surface area contributed by atoms with Crippen LogP contribution in [0, 0.1) is 5.92 Å². The molecular formula is C18H38N4O. The number of hydrogen-bond donors (Lipinski definition) is 1. The van der Waals surface area contributed by atoms with Gasteiger partial charge in [-0.3, -0.25) is 9.69 Å². The van der Waals surface area contributed by atoms with Crippen molar-refractivity contribution in [3.8, 4) is 0 Å². The predicted molar refractivity (Wildman–Crippen MR) is 97.7 cm³/mol. The van der Waals surface area contributed by atoms with Crippen molar-refractivity contribution in [3.05, 3.63) is 0 Å². The van der Waals surface area contributed by atoms with E-state index < -0.39 is 0 Å². The highest BCUT2D eigenvalue weighted by atomic mass is 16.2. The fraction of sp³-hybridized carbons (Fsp3) is 0.944. The van der Waals surface area contributed by atoms with Crippen LogP contribution in [0.2, 0.25) is 0 Å². The lowest BCUT2D eigenvalue weighted by Crippen LogP contribution is -2.48. The molecule has 2 aliphatic heterocycles. The smallest absolute Gasteiger partial charge is 0.234 e. The lowest BCUT2D eigenvalue weighted by atomic mass is 9.96. The maximum absolute atomic E-state index is 11.8. The van der Waals surface area contributed by atoms with Crippen LogP contribution >= 0.6 is 0 Å². The average Bonchev–Trinajstić information content (AvgIpc) is 2.53. The molecule has 5 heteroatoms. The first kappa shape index (κ1) is 20.4. The number of rotatable bonds is 5. The van der Waals surface area contributed by atoms with Gasteiger partial charge in [-0.05, 0) is 52.7 Å². The van der Waals surface area contributed by atoms with Gasteiger partial charge in [0.25, 0.3) is 0 Å². The van der Waals surface area contributed by atoms with Gasteiger partial charge in [-0.1, -0.05) is 13.8 Å². The lowest BCUT2D eigenvalue weighted by Gasteiger charge is -2.37. The van der Waals surface area contributed by atoms with E-state index in [9.17, 15) is 4.79 Å². The molecule has 0 aromatic carbocycles. The second kappa shape index (κ2) is 11.0. The lowest BCUT2D eigenvalue weighted by molar-refractivity contribution is -0.123. The summed E-state index contributed by atoms with van der Waals surface area (Å²) < 4.78 is 0. The number of hydrogen-bond acceptors (Lipinski definition) is 4. The average molecular weight is 327 g/mol. The fourth-order valence-corrected chi connectivity index (χ4v) is 3.29. The summed E-state index contributed by atoms with van der Waals surface area (Å²) in [5.74, 6) is 0.986. The number of likely N-dealkylation sites (N-methyl/N-ethyl adjacent to an activating group) is 1. The molecule has 136 valence electrons. The van der Waals surface area contributed by atoms with Gasteiger partial charge in [-0.25, -0.2) is 0 Å². The molecule has 0 atom stereocenters. The van der Waals surface area contributed by atoms with Crippen molar-refractivity contribution < 1.29 is 4.79 Å². The molecule has 0 spiro atoms. The summed E-state index contributed by atoms with van der Waals surface area (Å²) >= 11 is 0. The highest BCUT2D eigenvalue weighted by Gasteiger charge is 2.24. The number of carbonyl (C=O) groups is 1. The third-order valence-electron chi connectivity index (χ3n) is 4.64. The Morgan fingerprint density at radius 3 is 2.09 bits per heavy atom. The van der Waals surface area contributed by atoms with Crippen molar-refractivity contribution in [3.63, 3.8) is 0 Å². The molecule has 0 unspecified atom stereocenters. The van der Waals surface area contributed by atoms with Gasteiger partial charge in [-0.2, -0.15) is 0 Å². The molecule has 0 aromatic heterocycles. The van der Waals surface area contributed by atoms with Crippen LogP contribution in [0.25, 0.3) is 0 Å². The monoisotopic (exact) mass is 326 g/mol. The van der Waals surface area contributed by atoms with Gasteiger partial charge in [0, 0.05) is 38.8 Å². The number of amides is 1. The first-order chi connectivity index (χ1) is 11.0. The summed E-state index contributed by atoms with van der Waals surface area (Å²) in [6.07, 6.45) is 2.47. The standard InChI is InChI=1S/C16H32N4O.C2H6/c1-14(2)17-16(21)13-19-6-4-15(5-7-19)12-20-10-8-18(3)9-11-20;1-2/h14-15H,4-13H2,1-3H3,(H,17,21);1-2H3. The fourth-order valence-electron chi connectivity index (χ4n) is 3.29. The van der Waals surface area contributed by atoms with Crippen molar-refractivity contribution in [1.82, 2.24) is 20.0 Å². The first-order valence-corrected chi connectivity index (χ1v) is 9.45. The van der Waals surface area contributed by atoms with Crippen LogP contribution in [-0.4, -0.2) is 86.1 Å². The number of nitrogens with zero attached hydrogens (tertiary/aromatic N) is 3. The summed E-state index contributed by atoms with van der Waals surface area (Å²) in [7, 11) is 2.21. The van der Waals surface area contributed by atoms with Gasteiger partial charge in [-0.15, -0.1) is 0 Å². The van der Waals surface area contributed by atoms with E-state index >= 15 is 0 Å². The predicted octanol–water partition coefficient (Wildman–Crippen LogP) is 1.50. The molecule has 1 amide bonds. The third-order valence-corrected chi connectivity index (χ3v) is 4.64. The number of likely N-dealkylation sites (tertiary alicyclic amines) is 1. The second-order valence-electron chi connectivity index (χ2n) is 7.05. The van der Waals surface area contributed by atoms with Gasteiger partial charge in [0.15, 0.2) is 0 Å². The van der Waals surface area contributed by atoms with Crippen LogP contribution in [0.4, 0.5) is 0 Å². The van der Waals surface area contributed by atoms with Crippen molar-refractivity contribution in [2.45, 2.75) is 46.6 Å². The minimum absolute atomic E-state index is 0.169. The largest absolute Gasteiger partial charge is 0.353 e. The van der Waals surface area contributed by atoms with Crippen LogP contribution in [0.1, 0.15) is 40.5 Å². The number of nitrogens with one attached hydrogen (secondary N) is 1. The van der Waals surface area contributed by atoms with Gasteiger partial charge < -0.3 is 15.1 Å². The molecule has 0 aliphatic carbocycles. The summed E-state index contributed by atoms with van der Waals surface area (Å²) in [4.78, 5) is 19.1. The molecule has 0 radical (unpaired) electrons. The van der Waals surface area contributed by atoms with Crippen LogP contribution in [0.15, 0.2) is 0 Å². The topological polar surface area (TPSA) is 38.8 Å². The third kappa shape index (κ3) is 8.13. The Kier molecular flexibility index (Phi) is 9.75. The highest BCUT2D eigenvalue weighted by molar-refractivity contribution is 5.78. The molecule has 1 N–H and O–H groups in total. The Balaban J connectivity index is 0.00000127. The minimum atomic E-state index is 0.169. The van der Waals surface area contributed by atoms with E-state index in [0.717, 1.165) is 19.0 Å². The van der Waals surface area contributed by atoms with Gasteiger partial charge in [0.1, 0.15) is 0 Å². The maximum atomic E-state index is 11.8. The Hall–Kier alpha value is -0.650. The molecule has 2 rings (SSSR count). The Bertz CT molecular complexity index is 319. The molecule has 2 saturated heterocycles. The molecule has 2 fully saturated rings. The second-order valence-corrected chi connectivity index (χ2v) is 7.05. The zero-order valence-corrected chi connectivity index (χ0v) is 16.0. The molecule has 0 saturated carbocycles. The molecule has 5 nitrogen and oxygen atoms in total. The first-order valence-electron chi connectivity index (χ1n) is 9.45. The molecule has 0 bridgehead atoms. The zero-order chi connectivity index (χ0) is 17.2. The van der Waals surface area contributed by atoms with Crippen LogP contribution in [-0.2, 0) is 4.79 Å². The number of piperazine rings is 1. The van der Waals surface area contributed by atoms with E-state index in [1.807, 2.05) is 27.7 Å². The van der Waals surface area contributed by atoms with Crippen molar-refractivity contribution in [2.75, 3.05) is 59.4 Å². The minimum Gasteiger partial charge on any atom is -0.353 e. The van der Waals surface area contributed by atoms with E-state index in [-0.39, 0.29) is 11.9 Å². The van der Waals surface area contributed by atoms with E-state index in [1.54, 1.807) is 0 Å². The molecule has 23 heavy (non-hydrogen) atoms. The summed E-state index contributed by atoms with van der Waals surface area (Å²) in [6.45, 7) is 16.8. The summed E-state index contributed by atoms with van der Waals surface area (Å²) in [5, 5.41) is 2.98. The van der Waals surface area contributed by atoms with Gasteiger partial charge >= 0.3 is 0 Å². The zero-order valence-electron chi connectivity index (χ0n) is 16.0. The van der Waals surface area contributed by atoms with E-state index in [4.69, 9.17) is 0 Å². The SMILES string of the molecule is CC.CC(C)NC(=O)CN1CCC(CN2CCN(C)CC2)CC1. The van der Waals surface area contributed by atoms with Crippen molar-refractivity contribution in [1.29, 1.82) is 0 Å². The van der Waals surface area contributed by atoms with Crippen molar-refractivity contribution >= 4 is 5.91 Å². The summed E-state index contributed by atoms with van der Waals surface area (Å²) in [6, 6.07) is 0.243. The normalized spacial score (nSPS) is 21.8. The maximum Gasteiger partial charge on any atom is 0.234 e. The molecule has 2 aliphatic rings. The highest BCUT2D eigenvalue weighted by Crippen LogP contribution is 2.18. The van der Waals surface area contributed by atoms with Crippen LogP contribution in [0.5, 0.6) is 0 Å².